The van der Waals surface area contributed by atoms with E-state index >= 15 is 0 Å². The second kappa shape index (κ2) is 18.7. The molecule has 0 N–H and O–H groups in total. The van der Waals surface area contributed by atoms with Gasteiger partial charge in [0.25, 0.3) is 0 Å². The summed E-state index contributed by atoms with van der Waals surface area (Å²) in [6, 6.07) is 70.7. The summed E-state index contributed by atoms with van der Waals surface area (Å²) >= 11 is 1.67. The van der Waals surface area contributed by atoms with Crippen LogP contribution < -0.4 is 26.8 Å². The Morgan fingerprint density at radius 1 is 0.592 bits per heavy atom. The fourth-order valence-corrected chi connectivity index (χ4v) is 13.2. The Hall–Kier alpha value is -7.55. The molecule has 0 saturated heterocycles. The van der Waals surface area contributed by atoms with Crippen molar-refractivity contribution < 1.29 is 4.58 Å². The molecule has 0 radical (unpaired) electrons. The van der Waals surface area contributed by atoms with Gasteiger partial charge in [-0.15, -0.1) is 5.10 Å². The lowest BCUT2D eigenvalue weighted by molar-refractivity contribution is -0.401. The highest BCUT2D eigenvalue weighted by molar-refractivity contribution is 8.03. The zero-order valence-electron chi connectivity index (χ0n) is 41.4. The summed E-state index contributed by atoms with van der Waals surface area (Å²) in [5.41, 5.74) is 17.3. The molecule has 3 aliphatic rings. The summed E-state index contributed by atoms with van der Waals surface area (Å²) in [7, 11) is 4.40. The van der Waals surface area contributed by atoms with Crippen molar-refractivity contribution in [2.75, 3.05) is 19.0 Å². The molecule has 1 aromatic heterocycles. The molecule has 0 spiro atoms. The highest BCUT2D eigenvalue weighted by Gasteiger charge is 2.43. The van der Waals surface area contributed by atoms with E-state index in [0.29, 0.717) is 0 Å². The Labute approximate surface area is 423 Å². The molecule has 1 atom stereocenters. The van der Waals surface area contributed by atoms with Crippen molar-refractivity contribution in [3.63, 3.8) is 0 Å². The first-order valence-corrected chi connectivity index (χ1v) is 25.7. The number of anilines is 1. The molecule has 0 saturated carbocycles. The molecule has 3 heterocycles. The fourth-order valence-electron chi connectivity index (χ4n) is 12.1. The van der Waals surface area contributed by atoms with Crippen LogP contribution in [0.5, 0.6) is 0 Å². The molecule has 0 fully saturated rings. The number of likely N-dealkylation sites (N-methyl/N-ethyl adjacent to an activating group) is 1. The predicted octanol–water partition coefficient (Wildman–Crippen LogP) is 11.5. The Kier molecular flexibility index (Phi) is 12.1. The van der Waals surface area contributed by atoms with Gasteiger partial charge in [-0.3, -0.25) is 0 Å². The minimum atomic E-state index is -1.51. The number of hydrogen-bond donors (Lipinski definition) is 0. The maximum atomic E-state index is 4.68. The highest BCUT2D eigenvalue weighted by atomic mass is 32.2. The second-order valence-corrected chi connectivity index (χ2v) is 21.4. The molecule has 2 aliphatic heterocycles. The molecule has 350 valence electrons. The number of aromatic nitrogens is 4. The first-order chi connectivity index (χ1) is 34.6. The highest BCUT2D eigenvalue weighted by Crippen LogP contribution is 2.49. The maximum Gasteiger partial charge on any atom is 0.218 e. The standard InChI is InChI=1S/C63H59BN6S/c1-62(2)54-31-19-21-33-56(54)68(5)58(62)41-37-46-43-48(45-35-39-52(40-36-45)64(49-23-11-7-12-24-49,50-25-13-8-14-26-50)51-27-15-9-16-28-51)44-47(38-42-59-63(3,4)55-32-20-22-34-57(55)69(59)6)60(46)71-61-65-66-67-70(61)53-29-17-10-18-30-53/h7-42,48H,43-44H2,1-6H3. The van der Waals surface area contributed by atoms with Gasteiger partial charge in [-0.25, -0.2) is 0 Å². The van der Waals surface area contributed by atoms with Crippen molar-refractivity contribution in [2.45, 2.75) is 62.4 Å². The first kappa shape index (κ1) is 45.9. The van der Waals surface area contributed by atoms with Crippen molar-refractivity contribution in [1.82, 2.24) is 20.2 Å². The summed E-state index contributed by atoms with van der Waals surface area (Å²) < 4.78 is 4.23. The van der Waals surface area contributed by atoms with E-state index in [-0.39, 0.29) is 16.7 Å². The van der Waals surface area contributed by atoms with Gasteiger partial charge in [0.1, 0.15) is 13.2 Å². The van der Waals surface area contributed by atoms with Crippen LogP contribution in [0, 0.1) is 0 Å². The van der Waals surface area contributed by atoms with Crippen molar-refractivity contribution in [3.05, 3.63) is 257 Å². The lowest BCUT2D eigenvalue weighted by Gasteiger charge is -2.44. The molecule has 0 amide bonds. The lowest BCUT2D eigenvalue weighted by atomic mass is 9.13. The lowest BCUT2D eigenvalue weighted by Crippen LogP contribution is -2.74. The van der Waals surface area contributed by atoms with Gasteiger partial charge in [0.05, 0.1) is 11.1 Å². The molecule has 11 rings (SSSR count). The number of tetrazole rings is 1. The smallest absolute Gasteiger partial charge is 0.218 e. The van der Waals surface area contributed by atoms with Crippen LogP contribution >= 0.6 is 11.8 Å². The van der Waals surface area contributed by atoms with Gasteiger partial charge in [0.2, 0.25) is 10.8 Å². The number of nitrogens with zero attached hydrogens (tertiary/aromatic N) is 6. The fraction of sp³-hybridized carbons (Fsp3) is 0.175. The molecule has 7 aromatic carbocycles. The SMILES string of the molecule is CN1/C(=C/C=C2\CC(c3ccc([B-](c4ccccc4)(c4ccccc4)c4ccccc4)cc3)CC(/C=C/C3=[N+](C)c4ccccc4C3(C)C)=C2Sc2nnnn2-c2ccccc2)C(C)(C)c2ccccc21. The van der Waals surface area contributed by atoms with Gasteiger partial charge < -0.3 is 4.90 Å². The number of para-hydroxylation sites is 3. The van der Waals surface area contributed by atoms with Crippen molar-refractivity contribution >= 4 is 56.8 Å². The number of hydrogen-bond acceptors (Lipinski definition) is 5. The van der Waals surface area contributed by atoms with Crippen LogP contribution in [0.1, 0.15) is 63.1 Å². The molecule has 8 heteroatoms. The van der Waals surface area contributed by atoms with E-state index in [1.54, 1.807) is 11.8 Å². The number of fused-ring (bicyclic) bond motifs is 2. The van der Waals surface area contributed by atoms with E-state index < -0.39 is 6.15 Å². The Morgan fingerprint density at radius 3 is 1.75 bits per heavy atom. The molecular formula is C63H59BN6S. The summed E-state index contributed by atoms with van der Waals surface area (Å²) in [6.07, 6.45) is 9.72. The van der Waals surface area contributed by atoms with Gasteiger partial charge in [0.15, 0.2) is 5.71 Å². The third-order valence-electron chi connectivity index (χ3n) is 15.7. The van der Waals surface area contributed by atoms with Crippen molar-refractivity contribution in [2.24, 2.45) is 0 Å². The number of rotatable bonds is 11. The second-order valence-electron chi connectivity index (χ2n) is 20.4. The summed E-state index contributed by atoms with van der Waals surface area (Å²) in [5.74, 6) is 0.193. The maximum absolute atomic E-state index is 4.68. The monoisotopic (exact) mass is 942 g/mol. The Balaban J connectivity index is 1.08. The van der Waals surface area contributed by atoms with Crippen molar-refractivity contribution in [1.29, 1.82) is 0 Å². The molecule has 6 nitrogen and oxygen atoms in total. The van der Waals surface area contributed by atoms with Crippen molar-refractivity contribution in [3.8, 4) is 5.69 Å². The first-order valence-electron chi connectivity index (χ1n) is 24.9. The summed E-state index contributed by atoms with van der Waals surface area (Å²) in [4.78, 5) is 3.55. The van der Waals surface area contributed by atoms with E-state index in [1.165, 1.54) is 77.4 Å². The van der Waals surface area contributed by atoms with Gasteiger partial charge in [0, 0.05) is 46.5 Å². The number of thioether (sulfide) groups is 1. The van der Waals surface area contributed by atoms with E-state index in [4.69, 9.17) is 0 Å². The molecule has 71 heavy (non-hydrogen) atoms. The molecule has 8 aromatic rings. The van der Waals surface area contributed by atoms with Crippen LogP contribution in [0.2, 0.25) is 0 Å². The van der Waals surface area contributed by atoms with E-state index in [9.17, 15) is 0 Å². The van der Waals surface area contributed by atoms with Crippen LogP contribution in [0.15, 0.2) is 245 Å². The third-order valence-corrected chi connectivity index (χ3v) is 16.9. The van der Waals surface area contributed by atoms with E-state index in [1.807, 2.05) is 22.9 Å². The van der Waals surface area contributed by atoms with Gasteiger partial charge in [-0.2, -0.15) is 31.1 Å². The quantitative estimate of drug-likeness (QED) is 0.0955. The van der Waals surface area contributed by atoms with Gasteiger partial charge in [-0.05, 0) is 101 Å². The average Bonchev–Trinajstić information content (AvgIpc) is 4.02. The van der Waals surface area contributed by atoms with E-state index in [2.05, 4.69) is 267 Å². The predicted molar refractivity (Wildman–Crippen MR) is 298 cm³/mol. The van der Waals surface area contributed by atoms with Crippen LogP contribution in [0.3, 0.4) is 0 Å². The minimum absolute atomic E-state index is 0.182. The minimum Gasteiger partial charge on any atom is -0.347 e. The van der Waals surface area contributed by atoms with Crippen LogP contribution in [-0.2, 0) is 10.8 Å². The topological polar surface area (TPSA) is 49.9 Å². The van der Waals surface area contributed by atoms with Gasteiger partial charge >= 0.3 is 0 Å². The Morgan fingerprint density at radius 2 is 1.14 bits per heavy atom. The number of benzene rings is 7. The summed E-state index contributed by atoms with van der Waals surface area (Å²) in [6.45, 7) is 9.37. The average molecular weight is 943 g/mol. The van der Waals surface area contributed by atoms with Gasteiger partial charge in [-0.1, -0.05) is 196 Å². The molecule has 1 unspecified atom stereocenters. The van der Waals surface area contributed by atoms with Crippen LogP contribution in [0.4, 0.5) is 11.4 Å². The summed E-state index contributed by atoms with van der Waals surface area (Å²) in [5, 5.41) is 14.2. The molecular weight excluding hydrogens is 884 g/mol. The van der Waals surface area contributed by atoms with Crippen LogP contribution in [-0.4, -0.2) is 50.7 Å². The largest absolute Gasteiger partial charge is 0.347 e. The normalized spacial score (nSPS) is 18.5. The Bertz CT molecular complexity index is 3310. The van der Waals surface area contributed by atoms with E-state index in [0.717, 1.165) is 23.7 Å². The zero-order chi connectivity index (χ0) is 48.7. The van der Waals surface area contributed by atoms with Crippen LogP contribution in [0.25, 0.3) is 5.69 Å². The number of allylic oxidation sites excluding steroid dienone is 7. The third kappa shape index (κ3) is 8.04. The molecule has 1 aliphatic carbocycles. The molecule has 0 bridgehead atoms. The zero-order valence-corrected chi connectivity index (χ0v) is 42.3.